The number of hydrogen-bond donors (Lipinski definition) is 1. The van der Waals surface area contributed by atoms with Crippen molar-refractivity contribution >= 4 is 31.9 Å². The predicted molar refractivity (Wildman–Crippen MR) is 93.9 cm³/mol. The molecule has 23 heavy (non-hydrogen) atoms. The highest BCUT2D eigenvalue weighted by Crippen LogP contribution is 2.27. The first-order valence-electron chi connectivity index (χ1n) is 7.76. The van der Waals surface area contributed by atoms with E-state index in [1.165, 1.54) is 26.6 Å². The number of nitrogens with zero attached hydrogens (tertiary/aromatic N) is 1. The van der Waals surface area contributed by atoms with Crippen LogP contribution in [0.4, 0.5) is 0 Å². The molecule has 128 valence electrons. The van der Waals surface area contributed by atoms with Gasteiger partial charge >= 0.3 is 0 Å². The first-order valence-corrected chi connectivity index (χ1v) is 9.99. The Balaban J connectivity index is 2.25. The van der Waals surface area contributed by atoms with E-state index in [9.17, 15) is 13.2 Å². The van der Waals surface area contributed by atoms with Crippen molar-refractivity contribution in [3.05, 3.63) is 28.2 Å². The summed E-state index contributed by atoms with van der Waals surface area (Å²) >= 11 is 3.25. The van der Waals surface area contributed by atoms with E-state index in [1.807, 2.05) is 0 Å². The zero-order valence-electron chi connectivity index (χ0n) is 13.7. The van der Waals surface area contributed by atoms with E-state index in [0.29, 0.717) is 16.0 Å². The first-order chi connectivity index (χ1) is 10.7. The van der Waals surface area contributed by atoms with Gasteiger partial charge in [-0.3, -0.25) is 4.79 Å². The molecule has 0 saturated heterocycles. The number of amides is 1. The Kier molecular flexibility index (Phi) is 5.86. The minimum atomic E-state index is -3.60. The molecule has 1 amide bonds. The molecule has 0 bridgehead atoms. The summed E-state index contributed by atoms with van der Waals surface area (Å²) in [7, 11) is -0.660. The molecule has 2 atom stereocenters. The summed E-state index contributed by atoms with van der Waals surface area (Å²) < 4.78 is 26.3. The number of carbonyl (C=O) groups excluding carboxylic acids is 1. The minimum absolute atomic E-state index is 0.104. The molecule has 1 fully saturated rings. The molecule has 0 heterocycles. The molecule has 1 N–H and O–H groups in total. The summed E-state index contributed by atoms with van der Waals surface area (Å²) in [5.74, 6) is 0.236. The zero-order valence-corrected chi connectivity index (χ0v) is 16.1. The number of sulfonamides is 1. The van der Waals surface area contributed by atoms with Gasteiger partial charge in [0.05, 0.1) is 4.90 Å². The summed E-state index contributed by atoms with van der Waals surface area (Å²) in [4.78, 5) is 12.6. The van der Waals surface area contributed by atoms with Crippen LogP contribution in [0.2, 0.25) is 0 Å². The molecular formula is C16H23BrN2O3S. The maximum atomic E-state index is 12.5. The molecule has 7 heteroatoms. The fourth-order valence-electron chi connectivity index (χ4n) is 2.82. The summed E-state index contributed by atoms with van der Waals surface area (Å²) in [5, 5.41) is 3.05. The van der Waals surface area contributed by atoms with Gasteiger partial charge in [0.25, 0.3) is 5.91 Å². The van der Waals surface area contributed by atoms with Crippen molar-refractivity contribution in [2.75, 3.05) is 14.1 Å². The minimum Gasteiger partial charge on any atom is -0.349 e. The smallest absolute Gasteiger partial charge is 0.251 e. The van der Waals surface area contributed by atoms with Crippen LogP contribution >= 0.6 is 15.9 Å². The molecule has 0 spiro atoms. The zero-order chi connectivity index (χ0) is 17.2. The molecule has 1 aliphatic rings. The molecule has 2 rings (SSSR count). The molecular weight excluding hydrogens is 380 g/mol. The lowest BCUT2D eigenvalue weighted by atomic mass is 9.86. The molecule has 5 nitrogen and oxygen atoms in total. The van der Waals surface area contributed by atoms with Crippen LogP contribution in [0.1, 0.15) is 43.0 Å². The van der Waals surface area contributed by atoms with Gasteiger partial charge < -0.3 is 5.32 Å². The molecule has 1 aliphatic carbocycles. The normalized spacial score (nSPS) is 22.1. The van der Waals surface area contributed by atoms with Gasteiger partial charge in [-0.15, -0.1) is 0 Å². The van der Waals surface area contributed by atoms with Gasteiger partial charge in [0.1, 0.15) is 0 Å². The standard InChI is InChI=1S/C16H23BrN2O3S/c1-11-6-4-5-7-14(11)18-16(20)12-8-9-13(17)15(10-12)23(21,22)19(2)3/h8-11,14H,4-7H2,1-3H3,(H,18,20)/t11-,14+/m1/s1. The van der Waals surface area contributed by atoms with Crippen molar-refractivity contribution in [2.24, 2.45) is 5.92 Å². The van der Waals surface area contributed by atoms with Crippen LogP contribution in [-0.4, -0.2) is 38.8 Å². The summed E-state index contributed by atoms with van der Waals surface area (Å²) in [6.07, 6.45) is 4.42. The second-order valence-corrected chi connectivity index (χ2v) is 9.25. The number of carbonyl (C=O) groups is 1. The van der Waals surface area contributed by atoms with Crippen molar-refractivity contribution in [1.82, 2.24) is 9.62 Å². The van der Waals surface area contributed by atoms with Gasteiger partial charge in [-0.05, 0) is 52.9 Å². The van der Waals surface area contributed by atoms with E-state index >= 15 is 0 Å². The second kappa shape index (κ2) is 7.32. The van der Waals surface area contributed by atoms with E-state index in [2.05, 4.69) is 28.2 Å². The van der Waals surface area contributed by atoms with Crippen LogP contribution in [0.25, 0.3) is 0 Å². The second-order valence-electron chi connectivity index (χ2n) is 6.27. The van der Waals surface area contributed by atoms with Crippen LogP contribution < -0.4 is 5.32 Å². The number of hydrogen-bond acceptors (Lipinski definition) is 3. The van der Waals surface area contributed by atoms with Crippen LogP contribution in [0, 0.1) is 5.92 Å². The summed E-state index contributed by atoms with van der Waals surface area (Å²) in [6.45, 7) is 2.15. The Labute approximate surface area is 146 Å². The average molecular weight is 403 g/mol. The third kappa shape index (κ3) is 4.14. The number of nitrogens with one attached hydrogen (secondary N) is 1. The van der Waals surface area contributed by atoms with E-state index in [4.69, 9.17) is 0 Å². The molecule has 0 radical (unpaired) electrons. The molecule has 0 aromatic heterocycles. The number of halogens is 1. The van der Waals surface area contributed by atoms with Gasteiger partial charge in [-0.25, -0.2) is 12.7 Å². The van der Waals surface area contributed by atoms with Crippen molar-refractivity contribution in [2.45, 2.75) is 43.5 Å². The van der Waals surface area contributed by atoms with Crippen molar-refractivity contribution in [3.8, 4) is 0 Å². The van der Waals surface area contributed by atoms with Gasteiger partial charge in [0.2, 0.25) is 10.0 Å². The quantitative estimate of drug-likeness (QED) is 0.841. The molecule has 1 aromatic rings. The lowest BCUT2D eigenvalue weighted by Crippen LogP contribution is -2.41. The van der Waals surface area contributed by atoms with Crippen LogP contribution in [0.15, 0.2) is 27.6 Å². The Bertz CT molecular complexity index is 689. The van der Waals surface area contributed by atoms with E-state index in [-0.39, 0.29) is 16.8 Å². The molecule has 0 unspecified atom stereocenters. The fourth-order valence-corrected chi connectivity index (χ4v) is 4.67. The number of benzene rings is 1. The van der Waals surface area contributed by atoms with Crippen molar-refractivity contribution in [3.63, 3.8) is 0 Å². The van der Waals surface area contributed by atoms with Crippen LogP contribution in [0.3, 0.4) is 0 Å². The Morgan fingerprint density at radius 2 is 1.91 bits per heavy atom. The largest absolute Gasteiger partial charge is 0.349 e. The Morgan fingerprint density at radius 1 is 1.26 bits per heavy atom. The highest BCUT2D eigenvalue weighted by molar-refractivity contribution is 9.10. The SMILES string of the molecule is C[C@@H]1CCCC[C@@H]1NC(=O)c1ccc(Br)c(S(=O)(=O)N(C)C)c1. The number of rotatable bonds is 4. The highest BCUT2D eigenvalue weighted by Gasteiger charge is 2.25. The highest BCUT2D eigenvalue weighted by atomic mass is 79.9. The molecule has 1 aromatic carbocycles. The Hall–Kier alpha value is -0.920. The fraction of sp³-hybridized carbons (Fsp3) is 0.562. The lowest BCUT2D eigenvalue weighted by molar-refractivity contribution is 0.0910. The predicted octanol–water partition coefficient (Wildman–Crippen LogP) is 3.01. The van der Waals surface area contributed by atoms with Crippen LogP contribution in [-0.2, 0) is 10.0 Å². The van der Waals surface area contributed by atoms with E-state index in [0.717, 1.165) is 23.6 Å². The maximum Gasteiger partial charge on any atom is 0.251 e. The third-order valence-corrected chi connectivity index (χ3v) is 7.19. The van der Waals surface area contributed by atoms with Gasteiger partial charge in [-0.1, -0.05) is 19.8 Å². The maximum absolute atomic E-state index is 12.5. The topological polar surface area (TPSA) is 66.5 Å². The monoisotopic (exact) mass is 402 g/mol. The molecule has 0 aliphatic heterocycles. The van der Waals surface area contributed by atoms with E-state index < -0.39 is 10.0 Å². The Morgan fingerprint density at radius 3 is 2.52 bits per heavy atom. The van der Waals surface area contributed by atoms with E-state index in [1.54, 1.807) is 12.1 Å². The molecule has 1 saturated carbocycles. The average Bonchev–Trinajstić information content (AvgIpc) is 2.49. The first kappa shape index (κ1) is 18.4. The summed E-state index contributed by atoms with van der Waals surface area (Å²) in [6, 6.07) is 4.84. The summed E-state index contributed by atoms with van der Waals surface area (Å²) in [5.41, 5.74) is 0.367. The van der Waals surface area contributed by atoms with Crippen molar-refractivity contribution in [1.29, 1.82) is 0 Å². The third-order valence-electron chi connectivity index (χ3n) is 4.38. The van der Waals surface area contributed by atoms with Gasteiger partial charge in [0, 0.05) is 30.2 Å². The van der Waals surface area contributed by atoms with Crippen molar-refractivity contribution < 1.29 is 13.2 Å². The van der Waals surface area contributed by atoms with Crippen LogP contribution in [0.5, 0.6) is 0 Å². The van der Waals surface area contributed by atoms with Gasteiger partial charge in [0.15, 0.2) is 0 Å². The lowest BCUT2D eigenvalue weighted by Gasteiger charge is -2.29. The van der Waals surface area contributed by atoms with Gasteiger partial charge in [-0.2, -0.15) is 0 Å².